The van der Waals surface area contributed by atoms with Crippen molar-refractivity contribution in [3.63, 3.8) is 0 Å². The van der Waals surface area contributed by atoms with Crippen LogP contribution in [0.2, 0.25) is 0 Å². The van der Waals surface area contributed by atoms with Gasteiger partial charge in [-0.1, -0.05) is 26.1 Å². The Kier molecular flexibility index (Phi) is 5.49. The van der Waals surface area contributed by atoms with Crippen LogP contribution in [-0.4, -0.2) is 17.7 Å². The first-order valence-corrected chi connectivity index (χ1v) is 5.18. The minimum Gasteiger partial charge on any atom is -0.393 e. The predicted octanol–water partition coefficient (Wildman–Crippen LogP) is 2.50. The van der Waals surface area contributed by atoms with Crippen LogP contribution < -0.4 is 5.73 Å². The van der Waals surface area contributed by atoms with Gasteiger partial charge in [-0.05, 0) is 26.7 Å². The summed E-state index contributed by atoms with van der Waals surface area (Å²) in [4.78, 5) is 0.594. The smallest absolute Gasteiger partial charge is 0.0784 e. The van der Waals surface area contributed by atoms with Crippen molar-refractivity contribution < 1.29 is 4.74 Å². The van der Waals surface area contributed by atoms with Crippen LogP contribution in [0.25, 0.3) is 0 Å². The quantitative estimate of drug-likeness (QED) is 0.532. The second-order valence-corrected chi connectivity index (χ2v) is 4.71. The molecule has 78 valence electrons. The van der Waals surface area contributed by atoms with E-state index in [2.05, 4.69) is 13.8 Å². The fourth-order valence-corrected chi connectivity index (χ4v) is 1.06. The first-order chi connectivity index (χ1) is 5.86. The van der Waals surface area contributed by atoms with E-state index in [1.165, 1.54) is 0 Å². The van der Waals surface area contributed by atoms with Crippen molar-refractivity contribution >= 4 is 17.2 Å². The third-order valence-corrected chi connectivity index (χ3v) is 2.62. The molecule has 0 bridgehead atoms. The van der Waals surface area contributed by atoms with Crippen molar-refractivity contribution in [1.29, 1.82) is 0 Å². The molecule has 0 aromatic rings. The van der Waals surface area contributed by atoms with Crippen LogP contribution in [0.15, 0.2) is 0 Å². The molecule has 0 atom stereocenters. The van der Waals surface area contributed by atoms with Crippen molar-refractivity contribution in [1.82, 2.24) is 0 Å². The van der Waals surface area contributed by atoms with Crippen LogP contribution in [-0.2, 0) is 4.74 Å². The van der Waals surface area contributed by atoms with E-state index in [1.54, 1.807) is 0 Å². The summed E-state index contributed by atoms with van der Waals surface area (Å²) < 4.78 is 5.43. The molecular formula is C10H21NOS. The van der Waals surface area contributed by atoms with E-state index in [1.807, 2.05) is 13.8 Å². The maximum Gasteiger partial charge on any atom is 0.0784 e. The van der Waals surface area contributed by atoms with Crippen molar-refractivity contribution in [3.8, 4) is 0 Å². The highest BCUT2D eigenvalue weighted by molar-refractivity contribution is 7.80. The topological polar surface area (TPSA) is 35.2 Å². The number of rotatable bonds is 6. The molecular weight excluding hydrogens is 182 g/mol. The van der Waals surface area contributed by atoms with Gasteiger partial charge >= 0.3 is 0 Å². The molecule has 0 aliphatic rings. The van der Waals surface area contributed by atoms with E-state index in [4.69, 9.17) is 22.7 Å². The van der Waals surface area contributed by atoms with Gasteiger partial charge in [0.15, 0.2) is 0 Å². The molecule has 0 aromatic heterocycles. The van der Waals surface area contributed by atoms with E-state index < -0.39 is 0 Å². The molecule has 2 N–H and O–H groups in total. The molecule has 0 saturated heterocycles. The third-order valence-electron chi connectivity index (χ3n) is 2.06. The van der Waals surface area contributed by atoms with Crippen molar-refractivity contribution in [2.75, 3.05) is 6.61 Å². The second-order valence-electron chi connectivity index (χ2n) is 4.27. The van der Waals surface area contributed by atoms with Crippen molar-refractivity contribution in [2.45, 2.75) is 46.6 Å². The van der Waals surface area contributed by atoms with E-state index in [0.29, 0.717) is 11.1 Å². The molecule has 0 heterocycles. The summed E-state index contributed by atoms with van der Waals surface area (Å²) >= 11 is 4.97. The fourth-order valence-electron chi connectivity index (χ4n) is 0.956. The standard InChI is InChI=1S/C10H21NOS/c1-8(2)12-7-5-6-10(3,4)9(11)13/h8H,5-7H2,1-4H3,(H2,11,13). The summed E-state index contributed by atoms with van der Waals surface area (Å²) in [6.07, 6.45) is 2.32. The largest absolute Gasteiger partial charge is 0.393 e. The number of hydrogen-bond donors (Lipinski definition) is 1. The monoisotopic (exact) mass is 203 g/mol. The molecule has 0 saturated carbocycles. The summed E-state index contributed by atoms with van der Waals surface area (Å²) in [6.45, 7) is 9.02. The van der Waals surface area contributed by atoms with Crippen LogP contribution >= 0.6 is 12.2 Å². The van der Waals surface area contributed by atoms with Gasteiger partial charge < -0.3 is 10.5 Å². The third kappa shape index (κ3) is 5.99. The van der Waals surface area contributed by atoms with Gasteiger partial charge in [0.25, 0.3) is 0 Å². The molecule has 0 aromatic carbocycles. The van der Waals surface area contributed by atoms with Crippen LogP contribution in [0.5, 0.6) is 0 Å². The molecule has 13 heavy (non-hydrogen) atoms. The Morgan fingerprint density at radius 2 is 2.00 bits per heavy atom. The predicted molar refractivity (Wildman–Crippen MR) is 60.9 cm³/mol. The average molecular weight is 203 g/mol. The van der Waals surface area contributed by atoms with Crippen LogP contribution in [0.4, 0.5) is 0 Å². The molecule has 0 unspecified atom stereocenters. The molecule has 0 aliphatic heterocycles. The minimum atomic E-state index is -0.0321. The van der Waals surface area contributed by atoms with Gasteiger partial charge in [0.2, 0.25) is 0 Å². The summed E-state index contributed by atoms with van der Waals surface area (Å²) in [7, 11) is 0. The van der Waals surface area contributed by atoms with Gasteiger partial charge in [0.1, 0.15) is 0 Å². The lowest BCUT2D eigenvalue weighted by molar-refractivity contribution is 0.0729. The normalized spacial score (nSPS) is 12.1. The van der Waals surface area contributed by atoms with Crippen LogP contribution in [0, 0.1) is 5.41 Å². The SMILES string of the molecule is CC(C)OCCCC(C)(C)C(N)=S. The van der Waals surface area contributed by atoms with Gasteiger partial charge in [-0.3, -0.25) is 0 Å². The van der Waals surface area contributed by atoms with Crippen molar-refractivity contribution in [3.05, 3.63) is 0 Å². The molecule has 0 aliphatic carbocycles. The van der Waals surface area contributed by atoms with Gasteiger partial charge in [-0.15, -0.1) is 0 Å². The molecule has 0 rings (SSSR count). The van der Waals surface area contributed by atoms with Gasteiger partial charge in [-0.2, -0.15) is 0 Å². The van der Waals surface area contributed by atoms with Gasteiger partial charge in [0.05, 0.1) is 11.1 Å². The molecule has 0 spiro atoms. The maximum absolute atomic E-state index is 5.60. The lowest BCUT2D eigenvalue weighted by Crippen LogP contribution is -2.29. The van der Waals surface area contributed by atoms with E-state index in [9.17, 15) is 0 Å². The molecule has 2 nitrogen and oxygen atoms in total. The highest BCUT2D eigenvalue weighted by Gasteiger charge is 2.20. The zero-order valence-electron chi connectivity index (χ0n) is 9.09. The van der Waals surface area contributed by atoms with E-state index >= 15 is 0 Å². The Morgan fingerprint density at radius 3 is 2.38 bits per heavy atom. The molecule has 0 amide bonds. The van der Waals surface area contributed by atoms with E-state index in [0.717, 1.165) is 19.4 Å². The van der Waals surface area contributed by atoms with Gasteiger partial charge in [0, 0.05) is 12.0 Å². The summed E-state index contributed by atoms with van der Waals surface area (Å²) in [5.74, 6) is 0. The number of thiocarbonyl (C=S) groups is 1. The first kappa shape index (κ1) is 12.8. The Morgan fingerprint density at radius 1 is 1.46 bits per heavy atom. The lowest BCUT2D eigenvalue weighted by atomic mass is 9.88. The Labute approximate surface area is 86.8 Å². The zero-order valence-corrected chi connectivity index (χ0v) is 9.91. The summed E-state index contributed by atoms with van der Waals surface area (Å²) in [6, 6.07) is 0. The fraction of sp³-hybridized carbons (Fsp3) is 0.900. The summed E-state index contributed by atoms with van der Waals surface area (Å²) in [5, 5.41) is 0. The number of ether oxygens (including phenoxy) is 1. The number of nitrogens with two attached hydrogens (primary N) is 1. The van der Waals surface area contributed by atoms with Gasteiger partial charge in [-0.25, -0.2) is 0 Å². The Hall–Kier alpha value is -0.150. The van der Waals surface area contributed by atoms with Crippen LogP contribution in [0.3, 0.4) is 0 Å². The number of hydrogen-bond acceptors (Lipinski definition) is 2. The first-order valence-electron chi connectivity index (χ1n) is 4.78. The molecule has 0 fully saturated rings. The Balaban J connectivity index is 3.58. The second kappa shape index (κ2) is 5.55. The molecule has 3 heteroatoms. The highest BCUT2D eigenvalue weighted by Crippen LogP contribution is 2.22. The molecule has 0 radical (unpaired) electrons. The highest BCUT2D eigenvalue weighted by atomic mass is 32.1. The lowest BCUT2D eigenvalue weighted by Gasteiger charge is -2.22. The summed E-state index contributed by atoms with van der Waals surface area (Å²) in [5.41, 5.74) is 5.57. The van der Waals surface area contributed by atoms with Crippen LogP contribution in [0.1, 0.15) is 40.5 Å². The minimum absolute atomic E-state index is 0.0321. The maximum atomic E-state index is 5.60. The Bertz CT molecular complexity index is 166. The average Bonchev–Trinajstić information content (AvgIpc) is 1.97. The zero-order chi connectivity index (χ0) is 10.5. The van der Waals surface area contributed by atoms with Crippen molar-refractivity contribution in [2.24, 2.45) is 11.1 Å². The van der Waals surface area contributed by atoms with E-state index in [-0.39, 0.29) is 5.41 Å².